The van der Waals surface area contributed by atoms with E-state index in [9.17, 15) is 33.9 Å². The van der Waals surface area contributed by atoms with Crippen LogP contribution in [0.15, 0.2) is 91.1 Å². The Morgan fingerprint density at radius 2 is 1.44 bits per heavy atom. The van der Waals surface area contributed by atoms with Crippen LogP contribution < -0.4 is 27.4 Å². The maximum atomic E-state index is 14.0. The van der Waals surface area contributed by atoms with Crippen LogP contribution in [0.1, 0.15) is 42.4 Å². The number of aliphatic carboxylic acids is 1. The number of amides is 5. The molecule has 4 rings (SSSR count). The Morgan fingerprint density at radius 1 is 0.815 bits per heavy atom. The minimum Gasteiger partial charge on any atom is -0.481 e. The predicted octanol–water partition coefficient (Wildman–Crippen LogP) is 2.13. The first-order chi connectivity index (χ1) is 25.9. The number of alkyl carbamates (subject to hydrolysis) is 1. The number of nitrogens with two attached hydrogens (primary N) is 2. The third kappa shape index (κ3) is 12.2. The molecule has 3 aromatic carbocycles. The van der Waals surface area contributed by atoms with Gasteiger partial charge in [0.15, 0.2) is 0 Å². The van der Waals surface area contributed by atoms with E-state index in [2.05, 4.69) is 20.9 Å². The summed E-state index contributed by atoms with van der Waals surface area (Å²) in [7, 11) is 1.25. The Kier molecular flexibility index (Phi) is 15.1. The summed E-state index contributed by atoms with van der Waals surface area (Å²) in [5, 5.41) is 18.5. The largest absolute Gasteiger partial charge is 0.481 e. The minimum atomic E-state index is -1.56. The number of carbonyl (C=O) groups is 6. The van der Waals surface area contributed by atoms with Crippen LogP contribution in [-0.2, 0) is 48.2 Å². The summed E-state index contributed by atoms with van der Waals surface area (Å²) in [6.45, 7) is 0.302. The van der Waals surface area contributed by atoms with Gasteiger partial charge in [-0.3, -0.25) is 24.0 Å². The van der Waals surface area contributed by atoms with Gasteiger partial charge in [-0.2, -0.15) is 0 Å². The van der Waals surface area contributed by atoms with E-state index in [0.29, 0.717) is 18.4 Å². The number of ether oxygens (including phenoxy) is 1. The van der Waals surface area contributed by atoms with Crippen LogP contribution in [0.2, 0.25) is 0 Å². The SMILES string of the molecule is CN(C(=O)[C@H](CCCCNC(=O)OCc1ccccc1)NC(=O)[C@@H](N)Cc1c[nH]c2ccccc12)[C@@H](CC(=O)O)C(=O)N[C@@H](Cc1ccccc1)C(N)=O. The van der Waals surface area contributed by atoms with Crippen LogP contribution in [0, 0.1) is 0 Å². The quantitative estimate of drug-likeness (QED) is 0.0656. The normalized spacial score (nSPS) is 13.1. The molecule has 4 aromatic rings. The second-order valence-electron chi connectivity index (χ2n) is 12.9. The molecular weight excluding hydrogens is 694 g/mol. The number of hydrogen-bond donors (Lipinski definition) is 7. The third-order valence-corrected chi connectivity index (χ3v) is 8.90. The number of carboxylic acid groups (broad SMARTS) is 1. The van der Waals surface area contributed by atoms with E-state index in [1.54, 1.807) is 36.5 Å². The number of carbonyl (C=O) groups excluding carboxylic acids is 5. The molecule has 286 valence electrons. The van der Waals surface area contributed by atoms with Crippen LogP contribution >= 0.6 is 0 Å². The van der Waals surface area contributed by atoms with E-state index in [0.717, 1.165) is 26.9 Å². The number of nitrogens with one attached hydrogen (secondary N) is 4. The number of aromatic nitrogens is 1. The van der Waals surface area contributed by atoms with Gasteiger partial charge in [0.2, 0.25) is 23.6 Å². The molecule has 1 heterocycles. The number of para-hydroxylation sites is 1. The molecule has 15 nitrogen and oxygen atoms in total. The monoisotopic (exact) mass is 741 g/mol. The molecule has 5 amide bonds. The summed E-state index contributed by atoms with van der Waals surface area (Å²) in [4.78, 5) is 81.5. The number of carboxylic acids is 1. The molecule has 15 heteroatoms. The highest BCUT2D eigenvalue weighted by molar-refractivity contribution is 5.96. The summed E-state index contributed by atoms with van der Waals surface area (Å²) in [6.07, 6.45) is 1.34. The fourth-order valence-corrected chi connectivity index (χ4v) is 5.92. The fraction of sp³-hybridized carbons (Fsp3) is 0.333. The Bertz CT molecular complexity index is 1890. The second-order valence-corrected chi connectivity index (χ2v) is 12.9. The second kappa shape index (κ2) is 20.1. The Morgan fingerprint density at radius 3 is 2.11 bits per heavy atom. The van der Waals surface area contributed by atoms with E-state index in [4.69, 9.17) is 16.2 Å². The van der Waals surface area contributed by atoms with Gasteiger partial charge in [0.25, 0.3) is 0 Å². The highest BCUT2D eigenvalue weighted by Gasteiger charge is 2.35. The highest BCUT2D eigenvalue weighted by Crippen LogP contribution is 2.19. The summed E-state index contributed by atoms with van der Waals surface area (Å²) in [5.74, 6) is -4.52. The molecule has 0 aliphatic rings. The number of unbranched alkanes of at least 4 members (excludes halogenated alkanes) is 1. The molecule has 0 radical (unpaired) electrons. The molecule has 0 spiro atoms. The van der Waals surface area contributed by atoms with Gasteiger partial charge >= 0.3 is 12.1 Å². The Balaban J connectivity index is 1.44. The van der Waals surface area contributed by atoms with Gasteiger partial charge in [-0.1, -0.05) is 78.9 Å². The van der Waals surface area contributed by atoms with Gasteiger partial charge in [-0.25, -0.2) is 4.79 Å². The molecular formula is C39H47N7O8. The van der Waals surface area contributed by atoms with Gasteiger partial charge in [-0.05, 0) is 48.4 Å². The number of rotatable bonds is 20. The van der Waals surface area contributed by atoms with Crippen molar-refractivity contribution in [2.45, 2.75) is 69.3 Å². The van der Waals surface area contributed by atoms with E-state index in [-0.39, 0.29) is 32.4 Å². The molecule has 0 aliphatic carbocycles. The maximum absolute atomic E-state index is 14.0. The molecule has 0 bridgehead atoms. The summed E-state index contributed by atoms with van der Waals surface area (Å²) < 4.78 is 5.23. The highest BCUT2D eigenvalue weighted by atomic mass is 16.5. The average molecular weight is 742 g/mol. The molecule has 0 saturated carbocycles. The van der Waals surface area contributed by atoms with Crippen LogP contribution in [0.3, 0.4) is 0 Å². The lowest BCUT2D eigenvalue weighted by molar-refractivity contribution is -0.147. The third-order valence-electron chi connectivity index (χ3n) is 8.90. The number of nitrogens with zero attached hydrogens (tertiary/aromatic N) is 1. The zero-order valence-corrected chi connectivity index (χ0v) is 30.0. The lowest BCUT2D eigenvalue weighted by Gasteiger charge is -2.31. The van der Waals surface area contributed by atoms with Crippen LogP contribution in [0.25, 0.3) is 10.9 Å². The lowest BCUT2D eigenvalue weighted by Crippen LogP contribution is -2.58. The van der Waals surface area contributed by atoms with E-state index in [1.807, 2.05) is 54.6 Å². The number of hydrogen-bond acceptors (Lipinski definition) is 8. The topological polar surface area (TPSA) is 239 Å². The number of primary amides is 1. The smallest absolute Gasteiger partial charge is 0.407 e. The van der Waals surface area contributed by atoms with Gasteiger partial charge in [-0.15, -0.1) is 0 Å². The molecule has 0 saturated heterocycles. The molecule has 9 N–H and O–H groups in total. The maximum Gasteiger partial charge on any atom is 0.407 e. The Hall–Kier alpha value is -6.22. The van der Waals surface area contributed by atoms with E-state index < -0.39 is 66.3 Å². The van der Waals surface area contributed by atoms with Crippen molar-refractivity contribution < 1.29 is 38.6 Å². The van der Waals surface area contributed by atoms with E-state index in [1.165, 1.54) is 7.05 Å². The standard InChI is InChI=1S/C39H47N7O8/c1-46(33(22-34(47)48)37(51)45-32(35(41)49)20-25-12-4-2-5-13-25)38(52)31(18-10-11-19-42-39(53)54-24-26-14-6-3-7-15-26)44-36(50)29(40)21-27-23-43-30-17-9-8-16-28(27)30/h2-9,12-17,23,29,31-33,43H,10-11,18-22,24,40H2,1H3,(H2,41,49)(H,42,53)(H,44,50)(H,45,51)(H,47,48)/t29-,31-,32-,33-/m0/s1. The van der Waals surface area contributed by atoms with Gasteiger partial charge in [0, 0.05) is 37.1 Å². The summed E-state index contributed by atoms with van der Waals surface area (Å²) in [6, 6.07) is 20.5. The van der Waals surface area contributed by atoms with E-state index >= 15 is 0 Å². The number of fused-ring (bicyclic) bond motifs is 1. The number of likely N-dealkylation sites (N-methyl/N-ethyl adjacent to an activating group) is 1. The number of aromatic amines is 1. The van der Waals surface area contributed by atoms with Crippen molar-refractivity contribution in [2.24, 2.45) is 11.5 Å². The molecule has 4 atom stereocenters. The number of H-pyrrole nitrogens is 1. The summed E-state index contributed by atoms with van der Waals surface area (Å²) >= 11 is 0. The van der Waals surface area contributed by atoms with Crippen molar-refractivity contribution in [3.8, 4) is 0 Å². The zero-order valence-electron chi connectivity index (χ0n) is 30.0. The van der Waals surface area contributed by atoms with Crippen LogP contribution in [0.4, 0.5) is 4.79 Å². The fourth-order valence-electron chi connectivity index (χ4n) is 5.92. The van der Waals surface area contributed by atoms with Crippen molar-refractivity contribution in [3.63, 3.8) is 0 Å². The number of benzene rings is 3. The molecule has 54 heavy (non-hydrogen) atoms. The van der Waals surface area contributed by atoms with Gasteiger partial charge in [0.1, 0.15) is 24.7 Å². The van der Waals surface area contributed by atoms with Gasteiger partial charge in [0.05, 0.1) is 12.5 Å². The lowest BCUT2D eigenvalue weighted by atomic mass is 10.0. The molecule has 0 unspecified atom stereocenters. The molecule has 0 fully saturated rings. The minimum absolute atomic E-state index is 0.0419. The van der Waals surface area contributed by atoms with Crippen molar-refractivity contribution in [1.29, 1.82) is 0 Å². The first kappa shape index (κ1) is 40.5. The molecule has 0 aliphatic heterocycles. The zero-order chi connectivity index (χ0) is 39.0. The van der Waals surface area contributed by atoms with Crippen LogP contribution in [-0.4, -0.2) is 88.4 Å². The van der Waals surface area contributed by atoms with Crippen molar-refractivity contribution in [2.75, 3.05) is 13.6 Å². The van der Waals surface area contributed by atoms with Crippen molar-refractivity contribution in [3.05, 3.63) is 108 Å². The molecule has 1 aromatic heterocycles. The van der Waals surface area contributed by atoms with Crippen LogP contribution in [0.5, 0.6) is 0 Å². The first-order valence-electron chi connectivity index (χ1n) is 17.6. The summed E-state index contributed by atoms with van der Waals surface area (Å²) in [5.41, 5.74) is 15.1. The van der Waals surface area contributed by atoms with Crippen molar-refractivity contribution in [1.82, 2.24) is 25.8 Å². The van der Waals surface area contributed by atoms with Gasteiger partial charge < -0.3 is 47.1 Å². The average Bonchev–Trinajstić information content (AvgIpc) is 3.57. The predicted molar refractivity (Wildman–Crippen MR) is 200 cm³/mol. The van der Waals surface area contributed by atoms with Crippen molar-refractivity contribution >= 4 is 46.6 Å². The first-order valence-corrected chi connectivity index (χ1v) is 17.6. The Labute approximate surface area is 312 Å².